The maximum Gasteiger partial charge on any atom is 0.263 e. The van der Waals surface area contributed by atoms with E-state index in [0.29, 0.717) is 24.0 Å². The fraction of sp³-hybridized carbons (Fsp3) is 0.292. The number of carbonyl (C=O) groups excluding carboxylic acids is 1. The molecule has 2 aromatic carbocycles. The number of piperidine rings is 1. The van der Waals surface area contributed by atoms with Gasteiger partial charge in [0.15, 0.2) is 5.82 Å². The third-order valence-corrected chi connectivity index (χ3v) is 5.35. The van der Waals surface area contributed by atoms with E-state index in [1.165, 1.54) is 0 Å². The highest BCUT2D eigenvalue weighted by Gasteiger charge is 2.29. The van der Waals surface area contributed by atoms with Gasteiger partial charge in [-0.3, -0.25) is 4.79 Å². The molecule has 2 unspecified atom stereocenters. The first-order valence-corrected chi connectivity index (χ1v) is 10.3. The van der Waals surface area contributed by atoms with Crippen LogP contribution >= 0.6 is 0 Å². The minimum absolute atomic E-state index is 0.0254. The number of benzene rings is 2. The molecule has 1 fully saturated rings. The van der Waals surface area contributed by atoms with Crippen LogP contribution in [0.25, 0.3) is 0 Å². The highest BCUT2D eigenvalue weighted by molar-refractivity contribution is 5.80. The summed E-state index contributed by atoms with van der Waals surface area (Å²) in [5.74, 6) is 1.82. The zero-order valence-corrected chi connectivity index (χ0v) is 17.1. The van der Waals surface area contributed by atoms with E-state index in [1.807, 2.05) is 67.6 Å². The summed E-state index contributed by atoms with van der Waals surface area (Å²) in [5.41, 5.74) is 1.10. The average Bonchev–Trinajstić information content (AvgIpc) is 2.81. The molecule has 1 aliphatic heterocycles. The van der Waals surface area contributed by atoms with Crippen molar-refractivity contribution in [1.82, 2.24) is 15.3 Å². The summed E-state index contributed by atoms with van der Waals surface area (Å²) in [4.78, 5) is 23.9. The fourth-order valence-corrected chi connectivity index (χ4v) is 3.75. The molecule has 1 N–H and O–H groups in total. The molecule has 2 atom stereocenters. The molecule has 6 nitrogen and oxygen atoms in total. The van der Waals surface area contributed by atoms with Crippen LogP contribution in [0.2, 0.25) is 0 Å². The molecular formula is C24H26N4O2. The van der Waals surface area contributed by atoms with Gasteiger partial charge in [0.2, 0.25) is 5.91 Å². The number of para-hydroxylation sites is 1. The number of hydrogen-bond donors (Lipinski definition) is 1. The van der Waals surface area contributed by atoms with Gasteiger partial charge in [0.05, 0.1) is 12.0 Å². The van der Waals surface area contributed by atoms with Crippen molar-refractivity contribution in [2.45, 2.75) is 25.8 Å². The Labute approximate surface area is 176 Å². The van der Waals surface area contributed by atoms with Crippen molar-refractivity contribution in [1.29, 1.82) is 0 Å². The van der Waals surface area contributed by atoms with Crippen molar-refractivity contribution in [2.75, 3.05) is 18.0 Å². The summed E-state index contributed by atoms with van der Waals surface area (Å²) in [5, 5.41) is 3.16. The number of amides is 1. The Morgan fingerprint density at radius 2 is 1.77 bits per heavy atom. The molecule has 30 heavy (non-hydrogen) atoms. The standard InChI is InChI=1S/C24H26N4O2/c1-18(19-9-4-2-5-10-19)27-23(29)20-11-8-16-28(17-20)22-24(26-15-14-25-22)30-21-12-6-3-7-13-21/h2-7,9-10,12-15,18,20H,8,11,16-17H2,1H3,(H,27,29). The molecule has 154 valence electrons. The molecule has 1 amide bonds. The van der Waals surface area contributed by atoms with Gasteiger partial charge >= 0.3 is 0 Å². The number of ether oxygens (including phenoxy) is 1. The van der Waals surface area contributed by atoms with Crippen molar-refractivity contribution in [3.63, 3.8) is 0 Å². The summed E-state index contributed by atoms with van der Waals surface area (Å²) < 4.78 is 5.97. The predicted molar refractivity (Wildman–Crippen MR) is 116 cm³/mol. The van der Waals surface area contributed by atoms with E-state index in [-0.39, 0.29) is 17.9 Å². The van der Waals surface area contributed by atoms with Crippen LogP contribution < -0.4 is 15.0 Å². The first kappa shape index (κ1) is 19.9. The van der Waals surface area contributed by atoms with E-state index >= 15 is 0 Å². The quantitative estimate of drug-likeness (QED) is 0.663. The predicted octanol–water partition coefficient (Wildman–Crippen LogP) is 4.36. The van der Waals surface area contributed by atoms with E-state index in [2.05, 4.69) is 20.2 Å². The third kappa shape index (κ3) is 4.76. The van der Waals surface area contributed by atoms with Crippen LogP contribution in [-0.4, -0.2) is 29.0 Å². The van der Waals surface area contributed by atoms with Crippen LogP contribution in [0.5, 0.6) is 11.6 Å². The monoisotopic (exact) mass is 402 g/mol. The van der Waals surface area contributed by atoms with Crippen LogP contribution in [0.4, 0.5) is 5.82 Å². The Kier molecular flexibility index (Phi) is 6.23. The molecule has 0 saturated carbocycles. The van der Waals surface area contributed by atoms with Gasteiger partial charge in [-0.15, -0.1) is 0 Å². The number of carbonyl (C=O) groups is 1. The van der Waals surface area contributed by atoms with Crippen LogP contribution in [0, 0.1) is 5.92 Å². The fourth-order valence-electron chi connectivity index (χ4n) is 3.75. The van der Waals surface area contributed by atoms with Crippen molar-refractivity contribution >= 4 is 11.7 Å². The van der Waals surface area contributed by atoms with Crippen molar-refractivity contribution in [2.24, 2.45) is 5.92 Å². The summed E-state index contributed by atoms with van der Waals surface area (Å²) in [6.07, 6.45) is 5.06. The summed E-state index contributed by atoms with van der Waals surface area (Å²) in [6, 6.07) is 19.5. The molecule has 1 saturated heterocycles. The van der Waals surface area contributed by atoms with Gasteiger partial charge in [0.25, 0.3) is 5.88 Å². The van der Waals surface area contributed by atoms with Gasteiger partial charge in [0.1, 0.15) is 5.75 Å². The smallest absolute Gasteiger partial charge is 0.263 e. The maximum atomic E-state index is 12.9. The molecule has 0 bridgehead atoms. The van der Waals surface area contributed by atoms with E-state index < -0.39 is 0 Å². The minimum atomic E-state index is -0.100. The Bertz CT molecular complexity index is 965. The second kappa shape index (κ2) is 9.39. The molecule has 1 aromatic heterocycles. The summed E-state index contributed by atoms with van der Waals surface area (Å²) in [6.45, 7) is 3.43. The normalized spacial score (nSPS) is 17.2. The SMILES string of the molecule is CC(NC(=O)C1CCCN(c2nccnc2Oc2ccccc2)C1)c1ccccc1. The highest BCUT2D eigenvalue weighted by atomic mass is 16.5. The topological polar surface area (TPSA) is 67.4 Å². The zero-order valence-electron chi connectivity index (χ0n) is 17.1. The lowest BCUT2D eigenvalue weighted by Gasteiger charge is -2.33. The van der Waals surface area contributed by atoms with Gasteiger partial charge in [-0.25, -0.2) is 9.97 Å². The van der Waals surface area contributed by atoms with Gasteiger partial charge in [0, 0.05) is 25.5 Å². The molecule has 0 spiro atoms. The van der Waals surface area contributed by atoms with Gasteiger partial charge in [-0.2, -0.15) is 0 Å². The zero-order chi connectivity index (χ0) is 20.8. The van der Waals surface area contributed by atoms with E-state index in [0.717, 1.165) is 24.9 Å². The van der Waals surface area contributed by atoms with Crippen LogP contribution in [0.1, 0.15) is 31.4 Å². The average molecular weight is 402 g/mol. The number of aromatic nitrogens is 2. The van der Waals surface area contributed by atoms with Gasteiger partial charge in [-0.05, 0) is 37.5 Å². The number of rotatable bonds is 6. The molecule has 6 heteroatoms. The first-order valence-electron chi connectivity index (χ1n) is 10.3. The maximum absolute atomic E-state index is 12.9. The second-order valence-corrected chi connectivity index (χ2v) is 7.53. The molecule has 1 aliphatic rings. The minimum Gasteiger partial charge on any atom is -0.436 e. The number of hydrogen-bond acceptors (Lipinski definition) is 5. The van der Waals surface area contributed by atoms with E-state index in [4.69, 9.17) is 4.74 Å². The molecule has 0 radical (unpaired) electrons. The molecule has 0 aliphatic carbocycles. The van der Waals surface area contributed by atoms with Crippen LogP contribution in [0.3, 0.4) is 0 Å². The molecule has 2 heterocycles. The molecular weight excluding hydrogens is 376 g/mol. The highest BCUT2D eigenvalue weighted by Crippen LogP contribution is 2.31. The van der Waals surface area contributed by atoms with E-state index in [9.17, 15) is 4.79 Å². The van der Waals surface area contributed by atoms with Crippen molar-refractivity contribution in [3.05, 3.63) is 78.6 Å². The Balaban J connectivity index is 1.45. The number of anilines is 1. The Morgan fingerprint density at radius 3 is 2.53 bits per heavy atom. The first-order chi connectivity index (χ1) is 14.7. The lowest BCUT2D eigenvalue weighted by molar-refractivity contribution is -0.125. The largest absolute Gasteiger partial charge is 0.436 e. The van der Waals surface area contributed by atoms with Crippen LogP contribution in [0.15, 0.2) is 73.1 Å². The lowest BCUT2D eigenvalue weighted by atomic mass is 9.96. The van der Waals surface area contributed by atoms with E-state index in [1.54, 1.807) is 12.4 Å². The molecule has 3 aromatic rings. The Hall–Kier alpha value is -3.41. The van der Waals surface area contributed by atoms with Gasteiger partial charge in [-0.1, -0.05) is 48.5 Å². The summed E-state index contributed by atoms with van der Waals surface area (Å²) in [7, 11) is 0. The Morgan fingerprint density at radius 1 is 1.07 bits per heavy atom. The third-order valence-electron chi connectivity index (χ3n) is 5.35. The molecule has 4 rings (SSSR count). The number of nitrogens with one attached hydrogen (secondary N) is 1. The van der Waals surface area contributed by atoms with Gasteiger partial charge < -0.3 is 15.0 Å². The van der Waals surface area contributed by atoms with Crippen molar-refractivity contribution < 1.29 is 9.53 Å². The number of nitrogens with zero attached hydrogens (tertiary/aromatic N) is 3. The summed E-state index contributed by atoms with van der Waals surface area (Å²) >= 11 is 0. The lowest BCUT2D eigenvalue weighted by Crippen LogP contribution is -2.44. The van der Waals surface area contributed by atoms with Crippen LogP contribution in [-0.2, 0) is 4.79 Å². The second-order valence-electron chi connectivity index (χ2n) is 7.53. The van der Waals surface area contributed by atoms with Crippen molar-refractivity contribution in [3.8, 4) is 11.6 Å².